The minimum atomic E-state index is -0.289. The molecule has 2 N–H and O–H groups in total. The third-order valence-electron chi connectivity index (χ3n) is 4.88. The molecule has 1 atom stereocenters. The molecule has 0 bridgehead atoms. The summed E-state index contributed by atoms with van der Waals surface area (Å²) >= 11 is 0. The first-order valence-corrected chi connectivity index (χ1v) is 8.74. The number of para-hydroxylation sites is 2. The van der Waals surface area contributed by atoms with Crippen molar-refractivity contribution in [1.82, 2.24) is 14.5 Å². The van der Waals surface area contributed by atoms with Gasteiger partial charge in [-0.15, -0.1) is 0 Å². The van der Waals surface area contributed by atoms with Gasteiger partial charge in [0.2, 0.25) is 5.91 Å². The number of aryl methyl sites for hydroxylation is 1. The highest BCUT2D eigenvalue weighted by atomic mass is 16.1. The number of hydrogen-bond acceptors (Lipinski definition) is 3. The van der Waals surface area contributed by atoms with E-state index >= 15 is 0 Å². The Kier molecular flexibility index (Phi) is 4.24. The number of rotatable bonds is 4. The highest BCUT2D eigenvalue weighted by Gasteiger charge is 2.29. The fourth-order valence-corrected chi connectivity index (χ4v) is 3.78. The maximum absolute atomic E-state index is 11.6. The van der Waals surface area contributed by atoms with Gasteiger partial charge in [0.1, 0.15) is 5.82 Å². The van der Waals surface area contributed by atoms with Crippen LogP contribution in [-0.2, 0) is 17.8 Å². The third-order valence-corrected chi connectivity index (χ3v) is 4.88. The highest BCUT2D eigenvalue weighted by Crippen LogP contribution is 2.30. The first kappa shape index (κ1) is 15.8. The number of aromatic nitrogens is 2. The van der Waals surface area contributed by atoms with Crippen LogP contribution in [0.3, 0.4) is 0 Å². The molecule has 0 saturated carbocycles. The van der Waals surface area contributed by atoms with Gasteiger partial charge in [-0.3, -0.25) is 9.69 Å². The van der Waals surface area contributed by atoms with Crippen molar-refractivity contribution in [1.29, 1.82) is 0 Å². The van der Waals surface area contributed by atoms with Crippen LogP contribution >= 0.6 is 0 Å². The molecule has 3 aromatic rings. The monoisotopic (exact) mass is 334 g/mol. The molecule has 0 spiro atoms. The molecule has 0 fully saturated rings. The Morgan fingerprint density at radius 2 is 1.84 bits per heavy atom. The lowest BCUT2D eigenvalue weighted by atomic mass is 10.0. The first-order valence-electron chi connectivity index (χ1n) is 8.74. The second kappa shape index (κ2) is 6.69. The maximum atomic E-state index is 11.6. The summed E-state index contributed by atoms with van der Waals surface area (Å²) in [5, 5.41) is 0. The molecule has 128 valence electrons. The first-order chi connectivity index (χ1) is 12.2. The van der Waals surface area contributed by atoms with E-state index in [1.165, 1.54) is 5.56 Å². The van der Waals surface area contributed by atoms with Gasteiger partial charge >= 0.3 is 0 Å². The van der Waals surface area contributed by atoms with Crippen molar-refractivity contribution < 1.29 is 4.79 Å². The van der Waals surface area contributed by atoms with E-state index in [9.17, 15) is 4.79 Å². The minimum absolute atomic E-state index is 0.0461. The summed E-state index contributed by atoms with van der Waals surface area (Å²) in [5.41, 5.74) is 8.93. The van der Waals surface area contributed by atoms with Crippen LogP contribution in [0.5, 0.6) is 0 Å². The van der Waals surface area contributed by atoms with Crippen LogP contribution in [0, 0.1) is 0 Å². The van der Waals surface area contributed by atoms with Gasteiger partial charge in [0.15, 0.2) is 0 Å². The van der Waals surface area contributed by atoms with Crippen LogP contribution in [0.4, 0.5) is 0 Å². The molecule has 1 aromatic heterocycles. The zero-order valence-electron chi connectivity index (χ0n) is 14.1. The molecule has 2 aromatic carbocycles. The van der Waals surface area contributed by atoms with E-state index in [2.05, 4.69) is 39.8 Å². The summed E-state index contributed by atoms with van der Waals surface area (Å²) in [6, 6.07) is 18.7. The second-order valence-corrected chi connectivity index (χ2v) is 6.61. The molecule has 0 radical (unpaired) electrons. The van der Waals surface area contributed by atoms with Crippen LogP contribution in [0.1, 0.15) is 23.9 Å². The third kappa shape index (κ3) is 3.15. The van der Waals surface area contributed by atoms with Crippen molar-refractivity contribution in [2.24, 2.45) is 5.73 Å². The lowest BCUT2D eigenvalue weighted by molar-refractivity contribution is -0.119. The van der Waals surface area contributed by atoms with Gasteiger partial charge in [-0.05, 0) is 30.5 Å². The lowest BCUT2D eigenvalue weighted by Gasteiger charge is -2.28. The van der Waals surface area contributed by atoms with Gasteiger partial charge in [-0.2, -0.15) is 0 Å². The van der Waals surface area contributed by atoms with Gasteiger partial charge in [0.05, 0.1) is 23.6 Å². The molecule has 2 heterocycles. The predicted molar refractivity (Wildman–Crippen MR) is 98.0 cm³/mol. The van der Waals surface area contributed by atoms with E-state index in [1.807, 2.05) is 24.3 Å². The second-order valence-electron chi connectivity index (χ2n) is 6.61. The molecule has 1 unspecified atom stereocenters. The number of nitrogens with zero attached hydrogens (tertiary/aromatic N) is 3. The van der Waals surface area contributed by atoms with Crippen LogP contribution in [-0.4, -0.2) is 33.4 Å². The van der Waals surface area contributed by atoms with Gasteiger partial charge in [-0.1, -0.05) is 42.5 Å². The Morgan fingerprint density at radius 3 is 2.64 bits per heavy atom. The minimum Gasteiger partial charge on any atom is -0.369 e. The van der Waals surface area contributed by atoms with Gasteiger partial charge in [-0.25, -0.2) is 4.98 Å². The Hall–Kier alpha value is -2.66. The van der Waals surface area contributed by atoms with Crippen LogP contribution < -0.4 is 5.73 Å². The number of imidazole rings is 1. The van der Waals surface area contributed by atoms with Crippen molar-refractivity contribution in [3.63, 3.8) is 0 Å². The SMILES string of the molecule is NC(=O)CN1CCCn2c(nc3ccccc32)C1Cc1ccccc1. The molecular weight excluding hydrogens is 312 g/mol. The van der Waals surface area contributed by atoms with Crippen molar-refractivity contribution in [3.05, 3.63) is 66.0 Å². The molecule has 4 rings (SSSR count). The molecule has 5 heteroatoms. The molecule has 1 amide bonds. The fraction of sp³-hybridized carbons (Fsp3) is 0.300. The zero-order chi connectivity index (χ0) is 17.2. The van der Waals surface area contributed by atoms with Gasteiger partial charge in [0.25, 0.3) is 0 Å². The predicted octanol–water partition coefficient (Wildman–Crippen LogP) is 2.51. The molecule has 0 aliphatic carbocycles. The number of carbonyl (C=O) groups is 1. The largest absolute Gasteiger partial charge is 0.369 e. The van der Waals surface area contributed by atoms with Crippen LogP contribution in [0.2, 0.25) is 0 Å². The normalized spacial score (nSPS) is 18.0. The Morgan fingerprint density at radius 1 is 1.08 bits per heavy atom. The molecule has 5 nitrogen and oxygen atoms in total. The Balaban J connectivity index is 1.80. The van der Waals surface area contributed by atoms with Gasteiger partial charge < -0.3 is 10.3 Å². The van der Waals surface area contributed by atoms with E-state index in [0.29, 0.717) is 0 Å². The van der Waals surface area contributed by atoms with E-state index in [1.54, 1.807) is 0 Å². The van der Waals surface area contributed by atoms with Crippen molar-refractivity contribution in [2.45, 2.75) is 25.4 Å². The Bertz CT molecular complexity index is 887. The smallest absolute Gasteiger partial charge is 0.231 e. The lowest BCUT2D eigenvalue weighted by Crippen LogP contribution is -2.38. The van der Waals surface area contributed by atoms with Crippen molar-refractivity contribution in [3.8, 4) is 0 Å². The quantitative estimate of drug-likeness (QED) is 0.797. The summed E-state index contributed by atoms with van der Waals surface area (Å²) in [6.45, 7) is 2.02. The maximum Gasteiger partial charge on any atom is 0.231 e. The molecule has 1 aliphatic rings. The summed E-state index contributed by atoms with van der Waals surface area (Å²) < 4.78 is 2.31. The molecular formula is C20H22N4O. The number of hydrogen-bond donors (Lipinski definition) is 1. The number of nitrogens with two attached hydrogens (primary N) is 1. The number of fused-ring (bicyclic) bond motifs is 3. The topological polar surface area (TPSA) is 64.2 Å². The average Bonchev–Trinajstić information content (AvgIpc) is 2.90. The summed E-state index contributed by atoms with van der Waals surface area (Å²) in [5.74, 6) is 0.742. The van der Waals surface area contributed by atoms with Crippen molar-refractivity contribution in [2.75, 3.05) is 13.1 Å². The summed E-state index contributed by atoms with van der Waals surface area (Å²) in [6.07, 6.45) is 1.80. The summed E-state index contributed by atoms with van der Waals surface area (Å²) in [7, 11) is 0. The number of benzene rings is 2. The standard InChI is InChI=1S/C20H22N4O/c21-19(25)14-23-11-6-12-24-17-10-5-4-9-16(17)22-20(24)18(23)13-15-7-2-1-3-8-15/h1-5,7-10,18H,6,11-14H2,(H2,21,25). The molecule has 0 saturated heterocycles. The van der Waals surface area contributed by atoms with Crippen LogP contribution in [0.25, 0.3) is 11.0 Å². The van der Waals surface area contributed by atoms with Crippen molar-refractivity contribution >= 4 is 16.9 Å². The van der Waals surface area contributed by atoms with Gasteiger partial charge in [0, 0.05) is 13.1 Å². The zero-order valence-corrected chi connectivity index (χ0v) is 14.1. The fourth-order valence-electron chi connectivity index (χ4n) is 3.78. The summed E-state index contributed by atoms with van der Waals surface area (Å²) in [4.78, 5) is 18.7. The van der Waals surface area contributed by atoms with E-state index in [-0.39, 0.29) is 18.5 Å². The average molecular weight is 334 g/mol. The Labute approximate surface area is 147 Å². The molecule has 1 aliphatic heterocycles. The van der Waals surface area contributed by atoms with E-state index < -0.39 is 0 Å². The molecule has 25 heavy (non-hydrogen) atoms. The number of amides is 1. The number of primary amides is 1. The highest BCUT2D eigenvalue weighted by molar-refractivity contribution is 5.77. The number of carbonyl (C=O) groups excluding carboxylic acids is 1. The van der Waals surface area contributed by atoms with E-state index in [0.717, 1.165) is 42.8 Å². The van der Waals surface area contributed by atoms with E-state index in [4.69, 9.17) is 10.7 Å². The van der Waals surface area contributed by atoms with Crippen LogP contribution in [0.15, 0.2) is 54.6 Å².